The van der Waals surface area contributed by atoms with Crippen LogP contribution in [0.4, 0.5) is 4.79 Å². The summed E-state index contributed by atoms with van der Waals surface area (Å²) in [6.07, 6.45) is -0.680. The van der Waals surface area contributed by atoms with Crippen molar-refractivity contribution in [3.05, 3.63) is 71.8 Å². The number of rotatable bonds is 8. The van der Waals surface area contributed by atoms with Crippen LogP contribution in [0, 0.1) is 0 Å². The van der Waals surface area contributed by atoms with Gasteiger partial charge < -0.3 is 19.5 Å². The summed E-state index contributed by atoms with van der Waals surface area (Å²) in [5.41, 5.74) is 0.699. The van der Waals surface area contributed by atoms with E-state index in [0.29, 0.717) is 19.4 Å². The van der Waals surface area contributed by atoms with Gasteiger partial charge in [-0.2, -0.15) is 0 Å². The van der Waals surface area contributed by atoms with Crippen LogP contribution in [0.15, 0.2) is 60.7 Å². The first-order valence-electron chi connectivity index (χ1n) is 11.1. The molecule has 0 radical (unpaired) electrons. The molecule has 3 atom stereocenters. The largest absolute Gasteiger partial charge is 0.465 e. The number of carbonyl (C=O) groups excluding carboxylic acids is 2. The molecule has 2 aromatic carbocycles. The van der Waals surface area contributed by atoms with Crippen molar-refractivity contribution in [3.8, 4) is 0 Å². The Morgan fingerprint density at radius 2 is 1.64 bits per heavy atom. The molecule has 2 fully saturated rings. The quantitative estimate of drug-likeness (QED) is 0.489. The molecule has 0 unspecified atom stereocenters. The third-order valence-electron chi connectivity index (χ3n) is 6.41. The van der Waals surface area contributed by atoms with Crippen molar-refractivity contribution in [1.29, 1.82) is 0 Å². The maximum atomic E-state index is 13.3. The summed E-state index contributed by atoms with van der Waals surface area (Å²) in [6.45, 7) is 2.56. The lowest BCUT2D eigenvalue weighted by molar-refractivity contribution is -0.181. The molecule has 8 nitrogen and oxygen atoms in total. The molecule has 0 aliphatic carbocycles. The molecular weight excluding hydrogens is 424 g/mol. The number of amides is 2. The van der Waals surface area contributed by atoms with Crippen molar-refractivity contribution in [3.63, 3.8) is 0 Å². The molecule has 4 rings (SSSR count). The molecule has 2 saturated heterocycles. The molecule has 2 aliphatic heterocycles. The number of carboxylic acid groups (broad SMARTS) is 1. The number of carbonyl (C=O) groups is 3. The van der Waals surface area contributed by atoms with Crippen LogP contribution >= 0.6 is 0 Å². The maximum Gasteiger partial charge on any atom is 0.408 e. The van der Waals surface area contributed by atoms with Gasteiger partial charge in [-0.05, 0) is 30.9 Å². The van der Waals surface area contributed by atoms with Crippen molar-refractivity contribution in [1.82, 2.24) is 9.80 Å². The van der Waals surface area contributed by atoms with E-state index in [9.17, 15) is 19.5 Å². The van der Waals surface area contributed by atoms with Crippen molar-refractivity contribution >= 4 is 18.0 Å². The van der Waals surface area contributed by atoms with Gasteiger partial charge in [0.05, 0.1) is 19.3 Å². The average molecular weight is 453 g/mol. The van der Waals surface area contributed by atoms with E-state index in [2.05, 4.69) is 0 Å². The Kier molecular flexibility index (Phi) is 6.65. The van der Waals surface area contributed by atoms with E-state index in [1.54, 1.807) is 6.92 Å². The van der Waals surface area contributed by atoms with E-state index in [1.165, 1.54) is 9.80 Å². The SMILES string of the molecule is C[C@@H](OCc1ccccc1)[C@@H](C(=O)OCc1ccccc1)N1C[C@@]2(CCCN2C(=O)O)C1=O. The highest BCUT2D eigenvalue weighted by atomic mass is 16.5. The van der Waals surface area contributed by atoms with Crippen LogP contribution in [0.3, 0.4) is 0 Å². The highest BCUT2D eigenvalue weighted by molar-refractivity contribution is 5.99. The van der Waals surface area contributed by atoms with Crippen molar-refractivity contribution in [2.45, 2.75) is 50.7 Å². The first kappa shape index (κ1) is 22.8. The summed E-state index contributed by atoms with van der Waals surface area (Å²) in [5.74, 6) is -0.929. The van der Waals surface area contributed by atoms with Gasteiger partial charge in [0.15, 0.2) is 6.04 Å². The van der Waals surface area contributed by atoms with Gasteiger partial charge in [0.1, 0.15) is 12.1 Å². The zero-order valence-corrected chi connectivity index (χ0v) is 18.6. The van der Waals surface area contributed by atoms with Crippen molar-refractivity contribution < 1.29 is 29.0 Å². The minimum absolute atomic E-state index is 0.0794. The minimum Gasteiger partial charge on any atom is -0.465 e. The summed E-state index contributed by atoms with van der Waals surface area (Å²) in [7, 11) is 0. The highest BCUT2D eigenvalue weighted by Crippen LogP contribution is 2.40. The third kappa shape index (κ3) is 4.57. The molecule has 33 heavy (non-hydrogen) atoms. The minimum atomic E-state index is -1.11. The van der Waals surface area contributed by atoms with E-state index >= 15 is 0 Å². The molecule has 2 aliphatic rings. The lowest BCUT2D eigenvalue weighted by Gasteiger charge is -2.53. The summed E-state index contributed by atoms with van der Waals surface area (Å²) >= 11 is 0. The summed E-state index contributed by atoms with van der Waals surface area (Å²) in [5, 5.41) is 9.53. The van der Waals surface area contributed by atoms with E-state index < -0.39 is 29.7 Å². The summed E-state index contributed by atoms with van der Waals surface area (Å²) in [4.78, 5) is 40.7. The molecule has 0 bridgehead atoms. The Balaban J connectivity index is 1.49. The monoisotopic (exact) mass is 452 g/mol. The number of benzene rings is 2. The molecule has 1 spiro atoms. The maximum absolute atomic E-state index is 13.3. The highest BCUT2D eigenvalue weighted by Gasteiger charge is 2.62. The summed E-state index contributed by atoms with van der Waals surface area (Å²) < 4.78 is 11.5. The Morgan fingerprint density at radius 3 is 2.21 bits per heavy atom. The molecule has 8 heteroatoms. The number of esters is 1. The predicted molar refractivity (Wildman–Crippen MR) is 119 cm³/mol. The molecule has 174 valence electrons. The van der Waals surface area contributed by atoms with Gasteiger partial charge in [0, 0.05) is 6.54 Å². The fraction of sp³-hybridized carbons (Fsp3) is 0.400. The second-order valence-electron chi connectivity index (χ2n) is 8.54. The molecule has 2 aromatic rings. The van der Waals surface area contributed by atoms with Gasteiger partial charge in [-0.3, -0.25) is 9.69 Å². The van der Waals surface area contributed by atoms with Gasteiger partial charge in [-0.25, -0.2) is 9.59 Å². The zero-order valence-electron chi connectivity index (χ0n) is 18.6. The number of likely N-dealkylation sites (tertiary alicyclic amines) is 2. The number of nitrogens with zero attached hydrogens (tertiary/aromatic N) is 2. The van der Waals surface area contributed by atoms with Crippen molar-refractivity contribution in [2.75, 3.05) is 13.1 Å². The number of ether oxygens (including phenoxy) is 2. The van der Waals surface area contributed by atoms with E-state index in [-0.39, 0.29) is 25.7 Å². The smallest absolute Gasteiger partial charge is 0.408 e. The lowest BCUT2D eigenvalue weighted by Crippen LogP contribution is -2.76. The first-order chi connectivity index (χ1) is 15.9. The van der Waals surface area contributed by atoms with Gasteiger partial charge >= 0.3 is 12.1 Å². The standard InChI is InChI=1S/C25H28N2O6/c1-18(32-15-19-9-4-2-5-10-19)21(22(28)33-16-20-11-6-3-7-12-20)26-17-25(23(26)29)13-8-14-27(25)24(30)31/h2-7,9-12,18,21H,8,13-17H2,1H3,(H,30,31)/t18-,21+,25+/m1/s1. The molecular formula is C25H28N2O6. The van der Waals surface area contributed by atoms with Crippen LogP contribution in [0.25, 0.3) is 0 Å². The van der Waals surface area contributed by atoms with E-state index in [0.717, 1.165) is 11.1 Å². The van der Waals surface area contributed by atoms with Gasteiger partial charge in [0.25, 0.3) is 5.91 Å². The normalized spacial score (nSPS) is 21.5. The van der Waals surface area contributed by atoms with Crippen LogP contribution in [-0.2, 0) is 32.3 Å². The zero-order chi connectivity index (χ0) is 23.4. The topological polar surface area (TPSA) is 96.4 Å². The number of hydrogen-bond donors (Lipinski definition) is 1. The van der Waals surface area contributed by atoms with Crippen LogP contribution in [0.5, 0.6) is 0 Å². The van der Waals surface area contributed by atoms with Gasteiger partial charge in [0.2, 0.25) is 0 Å². The predicted octanol–water partition coefficient (Wildman–Crippen LogP) is 3.06. The van der Waals surface area contributed by atoms with Crippen LogP contribution in [0.1, 0.15) is 30.9 Å². The molecule has 2 amide bonds. The van der Waals surface area contributed by atoms with Crippen LogP contribution in [-0.4, -0.2) is 63.7 Å². The Bertz CT molecular complexity index is 998. The number of hydrogen-bond acceptors (Lipinski definition) is 5. The molecule has 0 saturated carbocycles. The van der Waals surface area contributed by atoms with Crippen LogP contribution < -0.4 is 0 Å². The van der Waals surface area contributed by atoms with Gasteiger partial charge in [-0.1, -0.05) is 60.7 Å². The van der Waals surface area contributed by atoms with Crippen LogP contribution in [0.2, 0.25) is 0 Å². The van der Waals surface area contributed by atoms with E-state index in [1.807, 2.05) is 60.7 Å². The Morgan fingerprint density at radius 1 is 1.03 bits per heavy atom. The van der Waals surface area contributed by atoms with Crippen molar-refractivity contribution in [2.24, 2.45) is 0 Å². The molecule has 2 heterocycles. The lowest BCUT2D eigenvalue weighted by atomic mass is 9.83. The fourth-order valence-electron chi connectivity index (χ4n) is 4.65. The summed E-state index contributed by atoms with van der Waals surface area (Å²) in [6, 6.07) is 17.9. The second-order valence-corrected chi connectivity index (χ2v) is 8.54. The second kappa shape index (κ2) is 9.62. The Labute approximate surface area is 192 Å². The first-order valence-corrected chi connectivity index (χ1v) is 11.1. The Hall–Kier alpha value is -3.39. The van der Waals surface area contributed by atoms with Gasteiger partial charge in [-0.15, -0.1) is 0 Å². The molecule has 0 aromatic heterocycles. The average Bonchev–Trinajstić information content (AvgIpc) is 3.29. The van der Waals surface area contributed by atoms with E-state index in [4.69, 9.17) is 9.47 Å². The fourth-order valence-corrected chi connectivity index (χ4v) is 4.65. The number of β-lactam (4-membered cyclic amide) rings is 1. The third-order valence-corrected chi connectivity index (χ3v) is 6.41. The molecule has 1 N–H and O–H groups in total.